The summed E-state index contributed by atoms with van der Waals surface area (Å²) in [7, 11) is 0. The lowest BCUT2D eigenvalue weighted by Gasteiger charge is -2.25. The highest BCUT2D eigenvalue weighted by molar-refractivity contribution is 5.16. The molecule has 1 aromatic rings. The molecule has 0 bridgehead atoms. The minimum absolute atomic E-state index is 0.126. The summed E-state index contributed by atoms with van der Waals surface area (Å²) in [5.41, 5.74) is 1.09. The van der Waals surface area contributed by atoms with E-state index in [4.69, 9.17) is 4.74 Å². The van der Waals surface area contributed by atoms with Crippen LogP contribution < -0.4 is 0 Å². The van der Waals surface area contributed by atoms with Crippen LogP contribution in [0.15, 0.2) is 24.3 Å². The number of rotatable bonds is 3. The number of ether oxygens (including phenoxy) is 1. The molecule has 0 aromatic heterocycles. The van der Waals surface area contributed by atoms with Crippen LogP contribution in [0.4, 0.5) is 4.39 Å². The van der Waals surface area contributed by atoms with Gasteiger partial charge >= 0.3 is 0 Å². The molecule has 1 aromatic carbocycles. The molecule has 3 aliphatic rings. The van der Waals surface area contributed by atoms with E-state index in [0.29, 0.717) is 6.04 Å². The Kier molecular flexibility index (Phi) is 3.69. The molecule has 0 N–H and O–H groups in total. The van der Waals surface area contributed by atoms with Crippen LogP contribution in [0, 0.1) is 17.7 Å². The molecular formula is C17H23FN2O. The Labute approximate surface area is 125 Å². The summed E-state index contributed by atoms with van der Waals surface area (Å²) < 4.78 is 18.8. The van der Waals surface area contributed by atoms with E-state index < -0.39 is 0 Å². The number of benzene rings is 1. The van der Waals surface area contributed by atoms with Crippen LogP contribution in [0.3, 0.4) is 0 Å². The molecule has 114 valence electrons. The lowest BCUT2D eigenvalue weighted by Crippen LogP contribution is -2.36. The zero-order valence-corrected chi connectivity index (χ0v) is 12.4. The largest absolute Gasteiger partial charge is 0.380 e. The van der Waals surface area contributed by atoms with Crippen molar-refractivity contribution in [1.29, 1.82) is 0 Å². The molecule has 3 atom stereocenters. The quantitative estimate of drug-likeness (QED) is 0.846. The minimum Gasteiger partial charge on any atom is -0.380 e. The van der Waals surface area contributed by atoms with Crippen molar-refractivity contribution in [2.45, 2.75) is 19.0 Å². The highest BCUT2D eigenvalue weighted by atomic mass is 19.1. The van der Waals surface area contributed by atoms with Crippen LogP contribution in [0.25, 0.3) is 0 Å². The van der Waals surface area contributed by atoms with E-state index in [-0.39, 0.29) is 5.82 Å². The van der Waals surface area contributed by atoms with Crippen LogP contribution in [0.2, 0.25) is 0 Å². The van der Waals surface area contributed by atoms with Gasteiger partial charge in [-0.15, -0.1) is 0 Å². The zero-order chi connectivity index (χ0) is 14.2. The average molecular weight is 290 g/mol. The average Bonchev–Trinajstić information content (AvgIpc) is 3.12. The predicted molar refractivity (Wildman–Crippen MR) is 79.5 cm³/mol. The van der Waals surface area contributed by atoms with Gasteiger partial charge in [0.05, 0.1) is 6.61 Å². The molecule has 0 radical (unpaired) electrons. The number of halogens is 1. The monoisotopic (exact) mass is 290 g/mol. The second-order valence-corrected chi connectivity index (χ2v) is 6.82. The second-order valence-electron chi connectivity index (χ2n) is 6.82. The van der Waals surface area contributed by atoms with Gasteiger partial charge in [0, 0.05) is 45.4 Å². The van der Waals surface area contributed by atoms with E-state index in [1.54, 1.807) is 6.07 Å². The van der Waals surface area contributed by atoms with E-state index in [1.165, 1.54) is 25.6 Å². The number of fused-ring (bicyclic) bond motifs is 1. The third-order valence-corrected chi connectivity index (χ3v) is 5.31. The third-order valence-electron chi connectivity index (χ3n) is 5.31. The van der Waals surface area contributed by atoms with E-state index >= 15 is 0 Å². The van der Waals surface area contributed by atoms with Crippen LogP contribution >= 0.6 is 0 Å². The number of nitrogens with zero attached hydrogens (tertiary/aromatic N) is 2. The van der Waals surface area contributed by atoms with E-state index in [9.17, 15) is 4.39 Å². The molecule has 0 spiro atoms. The van der Waals surface area contributed by atoms with Crippen molar-refractivity contribution in [3.8, 4) is 0 Å². The Hall–Kier alpha value is -0.970. The van der Waals surface area contributed by atoms with Gasteiger partial charge in [-0.2, -0.15) is 0 Å². The molecule has 4 heteroatoms. The van der Waals surface area contributed by atoms with Crippen molar-refractivity contribution in [1.82, 2.24) is 9.80 Å². The molecule has 3 nitrogen and oxygen atoms in total. The van der Waals surface area contributed by atoms with Crippen molar-refractivity contribution in [3.63, 3.8) is 0 Å². The fourth-order valence-electron chi connectivity index (χ4n) is 4.26. The van der Waals surface area contributed by atoms with E-state index in [2.05, 4.69) is 9.80 Å². The summed E-state index contributed by atoms with van der Waals surface area (Å²) in [6.45, 7) is 7.50. The van der Waals surface area contributed by atoms with Crippen LogP contribution in [0.5, 0.6) is 0 Å². The number of likely N-dealkylation sites (tertiary alicyclic amines) is 2. The van der Waals surface area contributed by atoms with Crippen molar-refractivity contribution in [3.05, 3.63) is 35.6 Å². The lowest BCUT2D eigenvalue weighted by molar-refractivity contribution is 0.149. The van der Waals surface area contributed by atoms with Gasteiger partial charge in [0.2, 0.25) is 0 Å². The first kappa shape index (κ1) is 13.7. The van der Waals surface area contributed by atoms with Crippen LogP contribution in [-0.2, 0) is 11.3 Å². The Morgan fingerprint density at radius 3 is 2.62 bits per heavy atom. The highest BCUT2D eigenvalue weighted by Crippen LogP contribution is 2.34. The van der Waals surface area contributed by atoms with E-state index in [1.807, 2.05) is 12.1 Å². The van der Waals surface area contributed by atoms with Crippen LogP contribution in [0.1, 0.15) is 12.0 Å². The van der Waals surface area contributed by atoms with Gasteiger partial charge in [-0.3, -0.25) is 9.80 Å². The van der Waals surface area contributed by atoms with Crippen molar-refractivity contribution >= 4 is 0 Å². The summed E-state index contributed by atoms with van der Waals surface area (Å²) >= 11 is 0. The molecule has 0 amide bonds. The molecule has 0 aliphatic carbocycles. The first-order valence-corrected chi connectivity index (χ1v) is 8.06. The Bertz CT molecular complexity index is 489. The van der Waals surface area contributed by atoms with Crippen molar-refractivity contribution < 1.29 is 9.13 Å². The summed E-state index contributed by atoms with van der Waals surface area (Å²) in [5, 5.41) is 0. The third kappa shape index (κ3) is 2.85. The van der Waals surface area contributed by atoms with Gasteiger partial charge in [-0.1, -0.05) is 12.1 Å². The molecule has 3 aliphatic heterocycles. The molecule has 1 unspecified atom stereocenters. The summed E-state index contributed by atoms with van der Waals surface area (Å²) in [6.07, 6.45) is 1.20. The zero-order valence-electron chi connectivity index (χ0n) is 12.4. The predicted octanol–water partition coefficient (Wildman–Crippen LogP) is 1.98. The lowest BCUT2D eigenvalue weighted by atomic mass is 10.0. The summed E-state index contributed by atoms with van der Waals surface area (Å²) in [6, 6.07) is 7.68. The van der Waals surface area contributed by atoms with Gasteiger partial charge < -0.3 is 4.74 Å². The van der Waals surface area contributed by atoms with Crippen LogP contribution in [-0.4, -0.2) is 55.2 Å². The number of hydrogen-bond donors (Lipinski definition) is 0. The van der Waals surface area contributed by atoms with Gasteiger partial charge in [0.1, 0.15) is 5.82 Å². The van der Waals surface area contributed by atoms with Gasteiger partial charge in [0.25, 0.3) is 0 Å². The Morgan fingerprint density at radius 2 is 1.95 bits per heavy atom. The smallest absolute Gasteiger partial charge is 0.123 e. The normalized spacial score (nSPS) is 33.7. The minimum atomic E-state index is -0.126. The van der Waals surface area contributed by atoms with Gasteiger partial charge in [-0.25, -0.2) is 4.39 Å². The maximum Gasteiger partial charge on any atom is 0.123 e. The summed E-state index contributed by atoms with van der Waals surface area (Å²) in [5.74, 6) is 1.46. The van der Waals surface area contributed by atoms with Crippen molar-refractivity contribution in [2.75, 3.05) is 39.4 Å². The first-order valence-electron chi connectivity index (χ1n) is 8.06. The fourth-order valence-corrected chi connectivity index (χ4v) is 4.26. The Morgan fingerprint density at radius 1 is 1.14 bits per heavy atom. The molecule has 3 heterocycles. The first-order chi connectivity index (χ1) is 10.3. The Balaban J connectivity index is 1.33. The highest BCUT2D eigenvalue weighted by Gasteiger charge is 2.42. The van der Waals surface area contributed by atoms with Gasteiger partial charge in [-0.05, 0) is 36.0 Å². The SMILES string of the molecule is Fc1cccc(CN2C[C@@H]3CN(C4CCOC4)C[C@@H]3C2)c1. The molecule has 4 rings (SSSR count). The topological polar surface area (TPSA) is 15.7 Å². The molecule has 3 fully saturated rings. The van der Waals surface area contributed by atoms with E-state index in [0.717, 1.165) is 50.2 Å². The molecule has 21 heavy (non-hydrogen) atoms. The van der Waals surface area contributed by atoms with Gasteiger partial charge in [0.15, 0.2) is 0 Å². The molecule has 0 saturated carbocycles. The van der Waals surface area contributed by atoms with Crippen molar-refractivity contribution in [2.24, 2.45) is 11.8 Å². The maximum atomic E-state index is 13.3. The molecular weight excluding hydrogens is 267 g/mol. The standard InChI is InChI=1S/C17H23FN2O/c18-16-3-1-2-13(6-16)7-19-8-14-10-20(11-15(14)9-19)17-4-5-21-12-17/h1-3,6,14-15,17H,4-5,7-12H2/t14-,15+,17?. The fraction of sp³-hybridized carbons (Fsp3) is 0.647. The maximum absolute atomic E-state index is 13.3. The summed E-state index contributed by atoms with van der Waals surface area (Å²) in [4.78, 5) is 5.13. The second kappa shape index (κ2) is 5.67. The molecule has 3 saturated heterocycles. The number of hydrogen-bond acceptors (Lipinski definition) is 3.